The van der Waals surface area contributed by atoms with Crippen molar-refractivity contribution in [3.05, 3.63) is 42.0 Å². The van der Waals surface area contributed by atoms with E-state index in [4.69, 9.17) is 9.47 Å². The summed E-state index contributed by atoms with van der Waals surface area (Å²) in [6, 6.07) is 7.41. The highest BCUT2D eigenvalue weighted by Crippen LogP contribution is 2.23. The topological polar surface area (TPSA) is 69.5 Å². The zero-order chi connectivity index (χ0) is 19.1. The smallest absolute Gasteiger partial charge is 0.253 e. The maximum Gasteiger partial charge on any atom is 0.253 e. The maximum absolute atomic E-state index is 12.8. The van der Waals surface area contributed by atoms with E-state index in [1.54, 1.807) is 6.33 Å². The molecule has 1 fully saturated rings. The van der Waals surface area contributed by atoms with Crippen LogP contribution >= 0.6 is 0 Å². The van der Waals surface area contributed by atoms with Crippen molar-refractivity contribution in [3.8, 4) is 5.75 Å². The molecule has 1 aliphatic rings. The Morgan fingerprint density at radius 1 is 1.26 bits per heavy atom. The van der Waals surface area contributed by atoms with Crippen molar-refractivity contribution in [2.75, 3.05) is 32.9 Å². The SMILES string of the molecule is CCOCCOc1cccc(C(=O)N2CCC(Cc3nncn3C)CC2)c1. The Balaban J connectivity index is 1.50. The number of hydrogen-bond acceptors (Lipinski definition) is 5. The van der Waals surface area contributed by atoms with Crippen LogP contribution in [0.3, 0.4) is 0 Å². The fraction of sp³-hybridized carbons (Fsp3) is 0.550. The number of aryl methyl sites for hydroxylation is 1. The number of rotatable bonds is 8. The van der Waals surface area contributed by atoms with Crippen LogP contribution in [0.25, 0.3) is 0 Å². The Hall–Kier alpha value is -2.41. The van der Waals surface area contributed by atoms with Crippen LogP contribution in [0.2, 0.25) is 0 Å². The molecule has 0 unspecified atom stereocenters. The Morgan fingerprint density at radius 3 is 2.78 bits per heavy atom. The van der Waals surface area contributed by atoms with Gasteiger partial charge in [0.1, 0.15) is 24.5 Å². The third-order valence-electron chi connectivity index (χ3n) is 4.96. The molecule has 0 radical (unpaired) electrons. The molecule has 0 saturated carbocycles. The minimum absolute atomic E-state index is 0.0716. The molecule has 146 valence electrons. The molecule has 2 heterocycles. The Kier molecular flexibility index (Phi) is 6.81. The van der Waals surface area contributed by atoms with Crippen molar-refractivity contribution >= 4 is 5.91 Å². The van der Waals surface area contributed by atoms with E-state index in [1.165, 1.54) is 0 Å². The van der Waals surface area contributed by atoms with Gasteiger partial charge in [0.15, 0.2) is 0 Å². The molecule has 1 aliphatic heterocycles. The number of aromatic nitrogens is 3. The predicted octanol–water partition coefficient (Wildman–Crippen LogP) is 2.33. The van der Waals surface area contributed by atoms with Gasteiger partial charge in [-0.15, -0.1) is 10.2 Å². The third-order valence-corrected chi connectivity index (χ3v) is 4.96. The number of likely N-dealkylation sites (tertiary alicyclic amines) is 1. The van der Waals surface area contributed by atoms with Crippen molar-refractivity contribution in [3.63, 3.8) is 0 Å². The molecule has 7 heteroatoms. The van der Waals surface area contributed by atoms with Crippen LogP contribution < -0.4 is 4.74 Å². The summed E-state index contributed by atoms with van der Waals surface area (Å²) in [4.78, 5) is 14.8. The highest BCUT2D eigenvalue weighted by molar-refractivity contribution is 5.94. The summed E-state index contributed by atoms with van der Waals surface area (Å²) in [6.07, 6.45) is 4.63. The van der Waals surface area contributed by atoms with Crippen LogP contribution in [0.5, 0.6) is 5.75 Å². The molecule has 2 aromatic rings. The molecule has 0 N–H and O–H groups in total. The van der Waals surface area contributed by atoms with Gasteiger partial charge >= 0.3 is 0 Å². The quantitative estimate of drug-likeness (QED) is 0.665. The number of nitrogens with zero attached hydrogens (tertiary/aromatic N) is 4. The van der Waals surface area contributed by atoms with Crippen LogP contribution in [0, 0.1) is 5.92 Å². The summed E-state index contributed by atoms with van der Waals surface area (Å²) in [5, 5.41) is 8.11. The summed E-state index contributed by atoms with van der Waals surface area (Å²) in [7, 11) is 1.97. The highest BCUT2D eigenvalue weighted by Gasteiger charge is 2.25. The number of carbonyl (C=O) groups excluding carboxylic acids is 1. The first-order valence-corrected chi connectivity index (χ1v) is 9.60. The average Bonchev–Trinajstić information content (AvgIpc) is 3.10. The summed E-state index contributed by atoms with van der Waals surface area (Å²) in [5.74, 6) is 2.34. The monoisotopic (exact) mass is 372 g/mol. The zero-order valence-corrected chi connectivity index (χ0v) is 16.1. The van der Waals surface area contributed by atoms with Crippen LogP contribution in [-0.4, -0.2) is 58.5 Å². The van der Waals surface area contributed by atoms with Gasteiger partial charge in [0, 0.05) is 38.7 Å². The van der Waals surface area contributed by atoms with Crippen LogP contribution in [0.15, 0.2) is 30.6 Å². The fourth-order valence-corrected chi connectivity index (χ4v) is 3.35. The van der Waals surface area contributed by atoms with Crippen LogP contribution in [0.4, 0.5) is 0 Å². The number of hydrogen-bond donors (Lipinski definition) is 0. The number of benzene rings is 1. The van der Waals surface area contributed by atoms with E-state index >= 15 is 0 Å². The van der Waals surface area contributed by atoms with Gasteiger partial charge in [0.25, 0.3) is 5.91 Å². The lowest BCUT2D eigenvalue weighted by molar-refractivity contribution is 0.0688. The van der Waals surface area contributed by atoms with Gasteiger partial charge in [0.2, 0.25) is 0 Å². The van der Waals surface area contributed by atoms with E-state index in [-0.39, 0.29) is 5.91 Å². The van der Waals surface area contributed by atoms with Crippen LogP contribution in [0.1, 0.15) is 35.9 Å². The minimum atomic E-state index is 0.0716. The number of ether oxygens (including phenoxy) is 2. The first-order valence-electron chi connectivity index (χ1n) is 9.60. The van der Waals surface area contributed by atoms with E-state index in [0.717, 1.165) is 38.2 Å². The van der Waals surface area contributed by atoms with Gasteiger partial charge in [0.05, 0.1) is 6.61 Å². The first kappa shape index (κ1) is 19.4. The largest absolute Gasteiger partial charge is 0.491 e. The van der Waals surface area contributed by atoms with Gasteiger partial charge in [-0.25, -0.2) is 0 Å². The highest BCUT2D eigenvalue weighted by atomic mass is 16.5. The third kappa shape index (κ3) is 5.29. The Morgan fingerprint density at radius 2 is 2.07 bits per heavy atom. The average molecular weight is 372 g/mol. The normalized spacial score (nSPS) is 15.1. The van der Waals surface area contributed by atoms with Crippen LogP contribution in [-0.2, 0) is 18.2 Å². The predicted molar refractivity (Wildman–Crippen MR) is 102 cm³/mol. The van der Waals surface area contributed by atoms with Crippen molar-refractivity contribution in [1.29, 1.82) is 0 Å². The molecule has 0 atom stereocenters. The summed E-state index contributed by atoms with van der Waals surface area (Å²) < 4.78 is 12.9. The van der Waals surface area contributed by atoms with E-state index in [0.29, 0.717) is 37.1 Å². The summed E-state index contributed by atoms with van der Waals surface area (Å²) in [6.45, 7) is 5.21. The van der Waals surface area contributed by atoms with Crippen molar-refractivity contribution < 1.29 is 14.3 Å². The Labute approximate surface area is 160 Å². The molecule has 1 saturated heterocycles. The van der Waals surface area contributed by atoms with Gasteiger partial charge in [-0.05, 0) is 43.9 Å². The molecule has 1 aromatic carbocycles. The molecule has 3 rings (SSSR count). The Bertz CT molecular complexity index is 738. The second kappa shape index (κ2) is 9.50. The molecule has 0 bridgehead atoms. The van der Waals surface area contributed by atoms with E-state index in [1.807, 2.05) is 47.7 Å². The zero-order valence-electron chi connectivity index (χ0n) is 16.1. The first-order chi connectivity index (χ1) is 13.2. The second-order valence-corrected chi connectivity index (χ2v) is 6.87. The lowest BCUT2D eigenvalue weighted by Crippen LogP contribution is -2.39. The van der Waals surface area contributed by atoms with Crippen molar-refractivity contribution in [2.24, 2.45) is 13.0 Å². The summed E-state index contributed by atoms with van der Waals surface area (Å²) in [5.41, 5.74) is 0.677. The van der Waals surface area contributed by atoms with Crippen molar-refractivity contribution in [2.45, 2.75) is 26.2 Å². The maximum atomic E-state index is 12.8. The number of piperidine rings is 1. The lowest BCUT2D eigenvalue weighted by Gasteiger charge is -2.32. The molecule has 0 spiro atoms. The molecule has 1 aromatic heterocycles. The lowest BCUT2D eigenvalue weighted by atomic mass is 9.93. The molecule has 7 nitrogen and oxygen atoms in total. The minimum Gasteiger partial charge on any atom is -0.491 e. The molecular formula is C20H28N4O3. The van der Waals surface area contributed by atoms with Crippen molar-refractivity contribution in [1.82, 2.24) is 19.7 Å². The second-order valence-electron chi connectivity index (χ2n) is 6.87. The number of amides is 1. The van der Waals surface area contributed by atoms with Gasteiger partial charge in [-0.1, -0.05) is 6.07 Å². The fourth-order valence-electron chi connectivity index (χ4n) is 3.35. The van der Waals surface area contributed by atoms with Gasteiger partial charge in [-0.2, -0.15) is 0 Å². The summed E-state index contributed by atoms with van der Waals surface area (Å²) >= 11 is 0. The van der Waals surface area contributed by atoms with Gasteiger partial charge in [-0.3, -0.25) is 4.79 Å². The van der Waals surface area contributed by atoms with E-state index in [2.05, 4.69) is 10.2 Å². The molecule has 0 aliphatic carbocycles. The molecular weight excluding hydrogens is 344 g/mol. The van der Waals surface area contributed by atoms with E-state index < -0.39 is 0 Å². The molecule has 1 amide bonds. The standard InChI is InChI=1S/C20H28N4O3/c1-3-26-11-12-27-18-6-4-5-17(14-18)20(25)24-9-7-16(8-10-24)13-19-22-21-15-23(19)2/h4-6,14-16H,3,7-13H2,1-2H3. The van der Waals surface area contributed by atoms with E-state index in [9.17, 15) is 4.79 Å². The number of carbonyl (C=O) groups is 1. The van der Waals surface area contributed by atoms with Gasteiger partial charge < -0.3 is 18.9 Å². The molecule has 27 heavy (non-hydrogen) atoms.